The van der Waals surface area contributed by atoms with Gasteiger partial charge in [0.25, 0.3) is 0 Å². The van der Waals surface area contributed by atoms with Crippen molar-refractivity contribution >= 4 is 23.8 Å². The lowest BCUT2D eigenvalue weighted by Crippen LogP contribution is -2.47. The largest absolute Gasteiger partial charge is 0.480 e. The van der Waals surface area contributed by atoms with Crippen LogP contribution in [0.25, 0.3) is 0 Å². The molecule has 0 aromatic carbocycles. The van der Waals surface area contributed by atoms with Crippen LogP contribution in [0.2, 0.25) is 0 Å². The number of ether oxygens (including phenoxy) is 1. The molecule has 2 amide bonds. The predicted octanol–water partition coefficient (Wildman–Crippen LogP) is 6.08. The van der Waals surface area contributed by atoms with E-state index in [2.05, 4.69) is 67.0 Å². The maximum atomic E-state index is 12.4. The minimum Gasteiger partial charge on any atom is -0.480 e. The zero-order valence-electron chi connectivity index (χ0n) is 26.4. The number of allylic oxidation sites excluding steroid dienone is 7. The number of aliphatic hydroxyl groups is 1. The molecule has 2 atom stereocenters. The molecule has 0 bridgehead atoms. The van der Waals surface area contributed by atoms with Crippen LogP contribution in [-0.4, -0.2) is 59.3 Å². The number of aliphatic hydroxyl groups excluding tert-OH is 1. The number of esters is 1. The van der Waals surface area contributed by atoms with E-state index in [0.717, 1.165) is 83.5 Å². The molecule has 0 saturated carbocycles. The molecule has 0 spiro atoms. The summed E-state index contributed by atoms with van der Waals surface area (Å²) >= 11 is 0. The molecular formula is C34H56N2O7. The van der Waals surface area contributed by atoms with Crippen molar-refractivity contribution in [2.75, 3.05) is 13.2 Å². The second-order valence-electron chi connectivity index (χ2n) is 10.5. The highest BCUT2D eigenvalue weighted by Gasteiger charge is 2.18. The molecule has 0 aromatic rings. The van der Waals surface area contributed by atoms with Crippen molar-refractivity contribution in [3.05, 3.63) is 48.6 Å². The third kappa shape index (κ3) is 26.2. The van der Waals surface area contributed by atoms with Gasteiger partial charge < -0.3 is 25.6 Å². The lowest BCUT2D eigenvalue weighted by Gasteiger charge is -2.15. The topological polar surface area (TPSA) is 142 Å². The van der Waals surface area contributed by atoms with Crippen LogP contribution in [-0.2, 0) is 23.9 Å². The molecule has 0 aliphatic carbocycles. The van der Waals surface area contributed by atoms with Gasteiger partial charge in [0.05, 0.1) is 13.2 Å². The maximum Gasteiger partial charge on any atom is 0.328 e. The van der Waals surface area contributed by atoms with E-state index in [4.69, 9.17) is 14.9 Å². The first-order valence-corrected chi connectivity index (χ1v) is 16.0. The molecule has 9 heteroatoms. The summed E-state index contributed by atoms with van der Waals surface area (Å²) in [7, 11) is 0. The molecule has 0 aliphatic rings. The lowest BCUT2D eigenvalue weighted by molar-refractivity contribution is -0.147. The number of unbranched alkanes of at least 4 members (excludes halogenated alkanes) is 7. The zero-order chi connectivity index (χ0) is 32.0. The number of carboxylic acid groups (broad SMARTS) is 1. The van der Waals surface area contributed by atoms with Gasteiger partial charge in [-0.05, 0) is 70.3 Å². The molecular weight excluding hydrogens is 548 g/mol. The molecule has 9 nitrogen and oxygen atoms in total. The maximum absolute atomic E-state index is 12.4. The van der Waals surface area contributed by atoms with Crippen LogP contribution in [0.1, 0.15) is 117 Å². The van der Waals surface area contributed by atoms with Gasteiger partial charge in [0.15, 0.2) is 0 Å². The Balaban J connectivity index is 4.11. The number of rotatable bonds is 27. The van der Waals surface area contributed by atoms with E-state index >= 15 is 0 Å². The van der Waals surface area contributed by atoms with Gasteiger partial charge in [-0.15, -0.1) is 0 Å². The fourth-order valence-corrected chi connectivity index (χ4v) is 4.05. The van der Waals surface area contributed by atoms with Crippen LogP contribution in [0, 0.1) is 0 Å². The van der Waals surface area contributed by atoms with Gasteiger partial charge in [-0.1, -0.05) is 82.1 Å². The molecule has 0 fully saturated rings. The highest BCUT2D eigenvalue weighted by molar-refractivity contribution is 5.87. The molecule has 0 aromatic heterocycles. The minimum absolute atomic E-state index is 0.154. The zero-order valence-corrected chi connectivity index (χ0v) is 26.4. The fraction of sp³-hybridized carbons (Fsp3) is 0.647. The first kappa shape index (κ1) is 39.8. The summed E-state index contributed by atoms with van der Waals surface area (Å²) in [6.45, 7) is 3.17. The third-order valence-electron chi connectivity index (χ3n) is 6.53. The summed E-state index contributed by atoms with van der Waals surface area (Å²) in [6, 6.07) is -1.39. The lowest BCUT2D eigenvalue weighted by atomic mass is 10.1. The summed E-state index contributed by atoms with van der Waals surface area (Å²) in [5.41, 5.74) is 0. The first-order chi connectivity index (χ1) is 20.8. The quantitative estimate of drug-likeness (QED) is 0.0505. The van der Waals surface area contributed by atoms with Gasteiger partial charge >= 0.3 is 11.9 Å². The van der Waals surface area contributed by atoms with Crippen LogP contribution < -0.4 is 10.6 Å². The monoisotopic (exact) mass is 604 g/mol. The molecule has 4 N–H and O–H groups in total. The van der Waals surface area contributed by atoms with E-state index in [1.54, 1.807) is 0 Å². The van der Waals surface area contributed by atoms with Crippen LogP contribution in [0.5, 0.6) is 0 Å². The molecule has 0 rings (SSSR count). The van der Waals surface area contributed by atoms with Gasteiger partial charge in [-0.2, -0.15) is 0 Å². The summed E-state index contributed by atoms with van der Waals surface area (Å²) in [4.78, 5) is 46.9. The highest BCUT2D eigenvalue weighted by Crippen LogP contribution is 2.14. The standard InChI is InChI=1S/C34H56N2O7/c1-3-5-7-8-9-10-11-12-13-14-15-16-22-26-33(40)43-29(23-19-6-4-2)24-20-17-18-21-25-31(38)35-27-32(39)36-30(28-37)34(41)42/h5,7,9-10,12-13,19,23,29-30,37H,3-4,6,8,11,14-18,20-22,24-28H2,1-2H3,(H,35,38)(H,36,39)(H,41,42)/b7-5-,10-9-,13-12-,23-19-. The summed E-state index contributed by atoms with van der Waals surface area (Å²) < 4.78 is 5.75. The molecule has 2 unspecified atom stereocenters. The van der Waals surface area contributed by atoms with E-state index in [1.165, 1.54) is 0 Å². The number of amides is 2. The number of hydrogen-bond donors (Lipinski definition) is 4. The van der Waals surface area contributed by atoms with E-state index in [1.807, 2.05) is 6.08 Å². The third-order valence-corrected chi connectivity index (χ3v) is 6.53. The van der Waals surface area contributed by atoms with Gasteiger partial charge in [-0.25, -0.2) is 4.79 Å². The number of carboxylic acids is 1. The van der Waals surface area contributed by atoms with Gasteiger partial charge in [0.2, 0.25) is 11.8 Å². The van der Waals surface area contributed by atoms with Gasteiger partial charge in [-0.3, -0.25) is 14.4 Å². The fourth-order valence-electron chi connectivity index (χ4n) is 4.05. The van der Waals surface area contributed by atoms with E-state index in [-0.39, 0.29) is 30.9 Å². The molecule has 0 aliphatic heterocycles. The molecule has 244 valence electrons. The highest BCUT2D eigenvalue weighted by atomic mass is 16.5. The Morgan fingerprint density at radius 2 is 1.40 bits per heavy atom. The number of nitrogens with one attached hydrogen (secondary N) is 2. The Hall–Kier alpha value is -3.20. The molecule has 0 radical (unpaired) electrons. The Morgan fingerprint density at radius 1 is 0.744 bits per heavy atom. The number of carbonyl (C=O) groups is 4. The van der Waals surface area contributed by atoms with E-state index in [9.17, 15) is 19.2 Å². The average Bonchev–Trinajstić information content (AvgIpc) is 2.98. The van der Waals surface area contributed by atoms with Crippen LogP contribution >= 0.6 is 0 Å². The Labute approximate surface area is 258 Å². The molecule has 43 heavy (non-hydrogen) atoms. The van der Waals surface area contributed by atoms with Crippen molar-refractivity contribution in [3.63, 3.8) is 0 Å². The average molecular weight is 605 g/mol. The van der Waals surface area contributed by atoms with Crippen molar-refractivity contribution in [1.29, 1.82) is 0 Å². The van der Waals surface area contributed by atoms with E-state index < -0.39 is 24.5 Å². The van der Waals surface area contributed by atoms with Crippen LogP contribution in [0.3, 0.4) is 0 Å². The summed E-state index contributed by atoms with van der Waals surface area (Å²) in [6.07, 6.45) is 30.5. The molecule has 0 saturated heterocycles. The number of carbonyl (C=O) groups excluding carboxylic acids is 3. The Bertz CT molecular complexity index is 880. The predicted molar refractivity (Wildman–Crippen MR) is 171 cm³/mol. The van der Waals surface area contributed by atoms with Gasteiger partial charge in [0, 0.05) is 12.8 Å². The Kier molecular flexibility index (Phi) is 26.7. The minimum atomic E-state index is -1.39. The summed E-state index contributed by atoms with van der Waals surface area (Å²) in [5.74, 6) is -2.46. The van der Waals surface area contributed by atoms with Crippen LogP contribution in [0.4, 0.5) is 0 Å². The van der Waals surface area contributed by atoms with E-state index in [0.29, 0.717) is 12.8 Å². The summed E-state index contributed by atoms with van der Waals surface area (Å²) in [5, 5.41) is 22.3. The number of hydrogen-bond acceptors (Lipinski definition) is 6. The van der Waals surface area contributed by atoms with Gasteiger partial charge in [0.1, 0.15) is 12.1 Å². The molecule has 0 heterocycles. The Morgan fingerprint density at radius 3 is 2.07 bits per heavy atom. The number of aliphatic carboxylic acids is 1. The first-order valence-electron chi connectivity index (χ1n) is 16.0. The van der Waals surface area contributed by atoms with Crippen molar-refractivity contribution < 1.29 is 34.1 Å². The SMILES string of the molecule is CC/C=C\C/C=C\C/C=C\CCCCCC(=O)OC(/C=C\CCC)CCCCCCC(=O)NCC(=O)NC(CO)C(=O)O. The van der Waals surface area contributed by atoms with Crippen molar-refractivity contribution in [3.8, 4) is 0 Å². The second-order valence-corrected chi connectivity index (χ2v) is 10.5. The van der Waals surface area contributed by atoms with Crippen molar-refractivity contribution in [2.45, 2.75) is 129 Å². The normalized spacial score (nSPS) is 13.2. The second kappa shape index (κ2) is 28.9. The van der Waals surface area contributed by atoms with Crippen LogP contribution in [0.15, 0.2) is 48.6 Å². The van der Waals surface area contributed by atoms with Crippen molar-refractivity contribution in [2.24, 2.45) is 0 Å². The smallest absolute Gasteiger partial charge is 0.328 e. The van der Waals surface area contributed by atoms with Crippen molar-refractivity contribution in [1.82, 2.24) is 10.6 Å².